The van der Waals surface area contributed by atoms with Gasteiger partial charge in [-0.1, -0.05) is 37.3 Å². The molecular weight excluding hydrogens is 405 g/mol. The monoisotopic (exact) mass is 431 g/mol. The van der Waals surface area contributed by atoms with E-state index >= 15 is 0 Å². The van der Waals surface area contributed by atoms with Crippen molar-refractivity contribution in [1.29, 1.82) is 0 Å². The summed E-state index contributed by atoms with van der Waals surface area (Å²) in [7, 11) is 0. The highest BCUT2D eigenvalue weighted by atomic mass is 19.1. The number of hydrogen-bond acceptors (Lipinski definition) is 3. The van der Waals surface area contributed by atoms with Gasteiger partial charge in [0.05, 0.1) is 23.4 Å². The Balaban J connectivity index is 1.61. The molecule has 164 valence electrons. The van der Waals surface area contributed by atoms with Gasteiger partial charge in [-0.15, -0.1) is 0 Å². The number of rotatable bonds is 8. The second kappa shape index (κ2) is 9.64. The highest BCUT2D eigenvalue weighted by molar-refractivity contribution is 5.81. The Hall–Kier alpha value is -3.67. The molecule has 0 saturated heterocycles. The second-order valence-corrected chi connectivity index (χ2v) is 7.81. The van der Waals surface area contributed by atoms with Crippen LogP contribution in [-0.2, 0) is 4.79 Å². The van der Waals surface area contributed by atoms with E-state index in [4.69, 9.17) is 4.74 Å². The maximum Gasteiger partial charge on any atom is 0.220 e. The van der Waals surface area contributed by atoms with Crippen molar-refractivity contribution in [3.63, 3.8) is 0 Å². The summed E-state index contributed by atoms with van der Waals surface area (Å²) in [6.07, 6.45) is 2.70. The molecular formula is C26H26FN3O2. The average molecular weight is 432 g/mol. The van der Waals surface area contributed by atoms with E-state index in [0.29, 0.717) is 12.2 Å². The molecule has 6 heteroatoms. The van der Waals surface area contributed by atoms with E-state index in [9.17, 15) is 9.18 Å². The van der Waals surface area contributed by atoms with Crippen LogP contribution in [0, 0.1) is 5.82 Å². The lowest BCUT2D eigenvalue weighted by atomic mass is 10.0. The van der Waals surface area contributed by atoms with E-state index in [2.05, 4.69) is 10.4 Å². The molecule has 5 nitrogen and oxygen atoms in total. The van der Waals surface area contributed by atoms with Gasteiger partial charge in [-0.2, -0.15) is 5.10 Å². The molecule has 4 aromatic rings. The summed E-state index contributed by atoms with van der Waals surface area (Å²) in [4.78, 5) is 12.2. The van der Waals surface area contributed by atoms with Crippen LogP contribution in [0.25, 0.3) is 16.6 Å². The van der Waals surface area contributed by atoms with Gasteiger partial charge >= 0.3 is 0 Å². The van der Waals surface area contributed by atoms with Crippen molar-refractivity contribution >= 4 is 16.8 Å². The molecule has 4 rings (SSSR count). The number of amides is 1. The van der Waals surface area contributed by atoms with Crippen LogP contribution >= 0.6 is 0 Å². The molecule has 0 spiro atoms. The van der Waals surface area contributed by atoms with E-state index in [1.807, 2.05) is 62.4 Å². The molecule has 0 aliphatic rings. The fourth-order valence-electron chi connectivity index (χ4n) is 3.75. The molecule has 1 heterocycles. The van der Waals surface area contributed by atoms with E-state index in [0.717, 1.165) is 28.6 Å². The molecule has 0 unspecified atom stereocenters. The van der Waals surface area contributed by atoms with Gasteiger partial charge in [0, 0.05) is 11.8 Å². The van der Waals surface area contributed by atoms with Crippen LogP contribution in [0.1, 0.15) is 38.4 Å². The number of nitrogens with zero attached hydrogens (tertiary/aromatic N) is 2. The molecule has 0 aliphatic carbocycles. The van der Waals surface area contributed by atoms with Gasteiger partial charge in [-0.05, 0) is 61.4 Å². The van der Waals surface area contributed by atoms with Crippen molar-refractivity contribution in [2.45, 2.75) is 38.8 Å². The van der Waals surface area contributed by atoms with Gasteiger partial charge in [0.2, 0.25) is 5.91 Å². The van der Waals surface area contributed by atoms with Crippen molar-refractivity contribution in [2.75, 3.05) is 0 Å². The summed E-state index contributed by atoms with van der Waals surface area (Å²) in [5.74, 6) is 0.412. The van der Waals surface area contributed by atoms with Crippen molar-refractivity contribution in [2.24, 2.45) is 0 Å². The Morgan fingerprint density at radius 1 is 1.09 bits per heavy atom. The van der Waals surface area contributed by atoms with Crippen molar-refractivity contribution in [1.82, 2.24) is 15.1 Å². The van der Waals surface area contributed by atoms with E-state index < -0.39 is 0 Å². The summed E-state index contributed by atoms with van der Waals surface area (Å²) in [5.41, 5.74) is 2.66. The van der Waals surface area contributed by atoms with Crippen LogP contribution in [0.3, 0.4) is 0 Å². The average Bonchev–Trinajstić information content (AvgIpc) is 3.22. The zero-order valence-electron chi connectivity index (χ0n) is 18.2. The first kappa shape index (κ1) is 21.6. The molecule has 3 aromatic carbocycles. The van der Waals surface area contributed by atoms with Crippen LogP contribution < -0.4 is 10.1 Å². The lowest BCUT2D eigenvalue weighted by Crippen LogP contribution is -2.39. The lowest BCUT2D eigenvalue weighted by molar-refractivity contribution is -0.122. The molecule has 1 aromatic heterocycles. The summed E-state index contributed by atoms with van der Waals surface area (Å²) in [5, 5.41) is 8.41. The van der Waals surface area contributed by atoms with Gasteiger partial charge in [0.25, 0.3) is 0 Å². The third-order valence-corrected chi connectivity index (χ3v) is 5.32. The number of carbonyl (C=O) groups is 1. The van der Waals surface area contributed by atoms with Crippen LogP contribution in [0.2, 0.25) is 0 Å². The first-order valence-electron chi connectivity index (χ1n) is 10.8. The zero-order chi connectivity index (χ0) is 22.5. The normalized spacial score (nSPS) is 13.0. The number of hydrogen-bond donors (Lipinski definition) is 1. The molecule has 1 N–H and O–H groups in total. The molecule has 1 amide bonds. The number of carbonyl (C=O) groups excluding carboxylic acids is 1. The third kappa shape index (κ3) is 4.80. The number of benzene rings is 3. The molecule has 0 bridgehead atoms. The Labute approximate surface area is 186 Å². The quantitative estimate of drug-likeness (QED) is 0.396. The highest BCUT2D eigenvalue weighted by Crippen LogP contribution is 2.29. The highest BCUT2D eigenvalue weighted by Gasteiger charge is 2.23. The Morgan fingerprint density at radius 3 is 2.56 bits per heavy atom. The summed E-state index contributed by atoms with van der Waals surface area (Å²) < 4.78 is 21.4. The zero-order valence-corrected chi connectivity index (χ0v) is 18.2. The fourth-order valence-corrected chi connectivity index (χ4v) is 3.75. The summed E-state index contributed by atoms with van der Waals surface area (Å²) in [6, 6.07) is 21.6. The minimum absolute atomic E-state index is 0.0144. The standard InChI is InChI=1S/C26H26FN3O2/c1-3-7-25(31)29-18(2)26(19-8-5-4-6-9-19)32-23-14-15-24-20(16-23)17-28-30(24)22-12-10-21(27)11-13-22/h4-6,8-18,26H,3,7H2,1-2H3,(H,29,31)/t18-,26-/m0/s1. The maximum atomic E-state index is 13.3. The van der Waals surface area contributed by atoms with Gasteiger partial charge < -0.3 is 10.1 Å². The Kier molecular flexibility index (Phi) is 6.50. The number of aromatic nitrogens is 2. The molecule has 32 heavy (non-hydrogen) atoms. The molecule has 2 atom stereocenters. The Morgan fingerprint density at radius 2 is 1.84 bits per heavy atom. The van der Waals surface area contributed by atoms with Crippen LogP contribution in [0.4, 0.5) is 4.39 Å². The predicted molar refractivity (Wildman–Crippen MR) is 123 cm³/mol. The minimum Gasteiger partial charge on any atom is -0.484 e. The van der Waals surface area contributed by atoms with Crippen LogP contribution in [0.5, 0.6) is 5.75 Å². The summed E-state index contributed by atoms with van der Waals surface area (Å²) in [6.45, 7) is 3.94. The van der Waals surface area contributed by atoms with Crippen molar-refractivity contribution < 1.29 is 13.9 Å². The molecule has 0 saturated carbocycles. The van der Waals surface area contributed by atoms with Crippen molar-refractivity contribution in [3.05, 3.63) is 90.4 Å². The Bertz CT molecular complexity index is 1190. The minimum atomic E-state index is -0.346. The van der Waals surface area contributed by atoms with Crippen LogP contribution in [-0.4, -0.2) is 21.7 Å². The molecule has 0 aliphatic heterocycles. The predicted octanol–water partition coefficient (Wildman–Crippen LogP) is 5.59. The topological polar surface area (TPSA) is 56.1 Å². The number of nitrogens with one attached hydrogen (secondary N) is 1. The smallest absolute Gasteiger partial charge is 0.220 e. The second-order valence-electron chi connectivity index (χ2n) is 7.81. The molecule has 0 fully saturated rings. The number of ether oxygens (including phenoxy) is 1. The van der Waals surface area contributed by atoms with Crippen molar-refractivity contribution in [3.8, 4) is 11.4 Å². The van der Waals surface area contributed by atoms with Gasteiger partial charge in [-0.3, -0.25) is 4.79 Å². The first-order chi connectivity index (χ1) is 15.5. The fraction of sp³-hybridized carbons (Fsp3) is 0.231. The third-order valence-electron chi connectivity index (χ3n) is 5.32. The largest absolute Gasteiger partial charge is 0.484 e. The SMILES string of the molecule is CCCC(=O)N[C@@H](C)[C@H](Oc1ccc2c(cnn2-c2ccc(F)cc2)c1)c1ccccc1. The summed E-state index contributed by atoms with van der Waals surface area (Å²) >= 11 is 0. The molecule has 0 radical (unpaired) electrons. The van der Waals surface area contributed by atoms with E-state index in [1.54, 1.807) is 23.0 Å². The van der Waals surface area contributed by atoms with Gasteiger partial charge in [0.15, 0.2) is 0 Å². The van der Waals surface area contributed by atoms with E-state index in [-0.39, 0.29) is 23.9 Å². The lowest BCUT2D eigenvalue weighted by Gasteiger charge is -2.26. The van der Waals surface area contributed by atoms with Gasteiger partial charge in [0.1, 0.15) is 17.7 Å². The first-order valence-corrected chi connectivity index (χ1v) is 10.8. The number of halogens is 1. The maximum absolute atomic E-state index is 13.3. The van der Waals surface area contributed by atoms with Crippen LogP contribution in [0.15, 0.2) is 79.0 Å². The number of fused-ring (bicyclic) bond motifs is 1. The van der Waals surface area contributed by atoms with Gasteiger partial charge in [-0.25, -0.2) is 9.07 Å². The van der Waals surface area contributed by atoms with E-state index in [1.165, 1.54) is 12.1 Å².